The topological polar surface area (TPSA) is 85.6 Å². The van der Waals surface area contributed by atoms with Gasteiger partial charge in [-0.2, -0.15) is 0 Å². The van der Waals surface area contributed by atoms with E-state index in [2.05, 4.69) is 20.3 Å². The van der Waals surface area contributed by atoms with Gasteiger partial charge in [0.2, 0.25) is 5.91 Å². The number of pyridine rings is 1. The van der Waals surface area contributed by atoms with Crippen LogP contribution >= 0.6 is 12.4 Å². The van der Waals surface area contributed by atoms with Crippen molar-refractivity contribution in [2.24, 2.45) is 5.92 Å². The molecule has 1 aliphatic carbocycles. The molecule has 0 unspecified atom stereocenters. The number of nitrogens with zero attached hydrogens (tertiary/aromatic N) is 5. The number of hydrogen-bond acceptors (Lipinski definition) is 5. The highest BCUT2D eigenvalue weighted by molar-refractivity contribution is 5.85. The third kappa shape index (κ3) is 6.10. The highest BCUT2D eigenvalue weighted by Gasteiger charge is 2.26. The fraction of sp³-hybridized carbons (Fsp3) is 0.435. The molecule has 0 aliphatic heterocycles. The van der Waals surface area contributed by atoms with Gasteiger partial charge in [0, 0.05) is 55.8 Å². The molecule has 3 aromatic heterocycles. The molecule has 0 bridgehead atoms. The van der Waals surface area contributed by atoms with Crippen molar-refractivity contribution < 1.29 is 4.79 Å². The number of amides is 1. The minimum absolute atomic E-state index is 0. The van der Waals surface area contributed by atoms with Crippen LogP contribution in [-0.4, -0.2) is 37.0 Å². The predicted octanol–water partition coefficient (Wildman–Crippen LogP) is 3.95. The molecule has 1 N–H and O–H groups in total. The van der Waals surface area contributed by atoms with Crippen molar-refractivity contribution in [3.8, 4) is 11.3 Å². The number of rotatable bonds is 7. The molecule has 3 aromatic rings. The molecule has 7 nitrogen and oxygen atoms in total. The molecule has 0 atom stereocenters. The van der Waals surface area contributed by atoms with Crippen LogP contribution in [0.1, 0.15) is 49.5 Å². The van der Waals surface area contributed by atoms with Crippen molar-refractivity contribution in [2.45, 2.75) is 51.5 Å². The quantitative estimate of drug-likeness (QED) is 0.601. The maximum absolute atomic E-state index is 12.1. The van der Waals surface area contributed by atoms with Gasteiger partial charge in [0.25, 0.3) is 0 Å². The first-order valence-corrected chi connectivity index (χ1v) is 10.7. The monoisotopic (exact) mass is 440 g/mol. The highest BCUT2D eigenvalue weighted by Crippen LogP contribution is 2.38. The lowest BCUT2D eigenvalue weighted by Gasteiger charge is -2.29. The van der Waals surface area contributed by atoms with Crippen LogP contribution in [0, 0.1) is 12.8 Å². The Bertz CT molecular complexity index is 955. The summed E-state index contributed by atoms with van der Waals surface area (Å²) in [5.41, 5.74) is 3.08. The second kappa shape index (κ2) is 11.0. The largest absolute Gasteiger partial charge is 0.356 e. The standard InChI is InChI=1S/C23H28N6O.ClH/c1-17-26-15-20(21-4-2-3-10-25-21)23(28-17)19-7-5-18(6-8-19)14-27-22(30)9-12-29-13-11-24-16-29;/h2-4,10-11,13,15-16,18-19H,5-9,12,14H2,1H3,(H,27,30);1H. The molecule has 31 heavy (non-hydrogen) atoms. The van der Waals surface area contributed by atoms with Gasteiger partial charge in [-0.3, -0.25) is 9.78 Å². The molecule has 3 heterocycles. The Morgan fingerprint density at radius 2 is 2.00 bits per heavy atom. The van der Waals surface area contributed by atoms with Crippen molar-refractivity contribution in [1.29, 1.82) is 0 Å². The van der Waals surface area contributed by atoms with Crippen LogP contribution in [0.15, 0.2) is 49.3 Å². The van der Waals surface area contributed by atoms with E-state index in [9.17, 15) is 4.79 Å². The number of hydrogen-bond donors (Lipinski definition) is 1. The Kier molecular flexibility index (Phi) is 8.12. The lowest BCUT2D eigenvalue weighted by atomic mass is 9.79. The molecule has 1 amide bonds. The van der Waals surface area contributed by atoms with Crippen LogP contribution < -0.4 is 5.32 Å². The zero-order valence-electron chi connectivity index (χ0n) is 17.8. The van der Waals surface area contributed by atoms with Crippen LogP contribution in [0.4, 0.5) is 0 Å². The van der Waals surface area contributed by atoms with E-state index in [0.717, 1.165) is 55.0 Å². The first kappa shape index (κ1) is 22.9. The number of aromatic nitrogens is 5. The van der Waals surface area contributed by atoms with E-state index >= 15 is 0 Å². The van der Waals surface area contributed by atoms with Gasteiger partial charge in [-0.25, -0.2) is 15.0 Å². The van der Waals surface area contributed by atoms with Gasteiger partial charge in [-0.1, -0.05) is 6.07 Å². The minimum Gasteiger partial charge on any atom is -0.356 e. The highest BCUT2D eigenvalue weighted by atomic mass is 35.5. The van der Waals surface area contributed by atoms with E-state index in [0.29, 0.717) is 24.8 Å². The number of imidazole rings is 1. The second-order valence-electron chi connectivity index (χ2n) is 8.00. The van der Waals surface area contributed by atoms with Gasteiger partial charge in [-0.15, -0.1) is 12.4 Å². The lowest BCUT2D eigenvalue weighted by Crippen LogP contribution is -2.31. The smallest absolute Gasteiger partial charge is 0.221 e. The Morgan fingerprint density at radius 3 is 2.71 bits per heavy atom. The van der Waals surface area contributed by atoms with Gasteiger partial charge in [-0.05, 0) is 50.7 Å². The Balaban J connectivity index is 0.00000272. The van der Waals surface area contributed by atoms with Gasteiger partial charge >= 0.3 is 0 Å². The van der Waals surface area contributed by atoms with Crippen molar-refractivity contribution in [3.63, 3.8) is 0 Å². The van der Waals surface area contributed by atoms with Crippen molar-refractivity contribution >= 4 is 18.3 Å². The zero-order valence-corrected chi connectivity index (χ0v) is 18.6. The van der Waals surface area contributed by atoms with Crippen LogP contribution in [0.5, 0.6) is 0 Å². The zero-order chi connectivity index (χ0) is 20.8. The van der Waals surface area contributed by atoms with Gasteiger partial charge in [0.05, 0.1) is 17.7 Å². The summed E-state index contributed by atoms with van der Waals surface area (Å²) < 4.78 is 1.92. The van der Waals surface area contributed by atoms with Crippen molar-refractivity contribution in [3.05, 3.63) is 60.8 Å². The first-order chi connectivity index (χ1) is 14.7. The van der Waals surface area contributed by atoms with E-state index in [1.165, 1.54) is 0 Å². The molecular weight excluding hydrogens is 412 g/mol. The normalized spacial score (nSPS) is 18.2. The minimum atomic E-state index is 0. The van der Waals surface area contributed by atoms with Crippen LogP contribution in [0.3, 0.4) is 0 Å². The summed E-state index contributed by atoms with van der Waals surface area (Å²) >= 11 is 0. The third-order valence-corrected chi connectivity index (χ3v) is 5.86. The average Bonchev–Trinajstić information content (AvgIpc) is 3.31. The van der Waals surface area contributed by atoms with Gasteiger partial charge in [0.15, 0.2) is 0 Å². The second-order valence-corrected chi connectivity index (χ2v) is 8.00. The predicted molar refractivity (Wildman–Crippen MR) is 122 cm³/mol. The van der Waals surface area contributed by atoms with E-state index < -0.39 is 0 Å². The molecule has 8 heteroatoms. The molecule has 1 aliphatic rings. The number of carbonyl (C=O) groups excluding carboxylic acids is 1. The molecule has 1 fully saturated rings. The molecule has 0 radical (unpaired) electrons. The fourth-order valence-corrected chi connectivity index (χ4v) is 4.15. The lowest BCUT2D eigenvalue weighted by molar-refractivity contribution is -0.121. The number of halogens is 1. The molecule has 0 spiro atoms. The summed E-state index contributed by atoms with van der Waals surface area (Å²) in [6.07, 6.45) is 13.9. The van der Waals surface area contributed by atoms with Gasteiger partial charge < -0.3 is 9.88 Å². The maximum atomic E-state index is 12.1. The summed E-state index contributed by atoms with van der Waals surface area (Å²) in [7, 11) is 0. The van der Waals surface area contributed by atoms with E-state index in [1.807, 2.05) is 48.3 Å². The Hall–Kier alpha value is -2.80. The number of carbonyl (C=O) groups is 1. The van der Waals surface area contributed by atoms with Crippen LogP contribution in [0.2, 0.25) is 0 Å². The van der Waals surface area contributed by atoms with Crippen LogP contribution in [0.25, 0.3) is 11.3 Å². The summed E-state index contributed by atoms with van der Waals surface area (Å²) in [4.78, 5) is 29.8. The molecule has 0 saturated heterocycles. The van der Waals surface area contributed by atoms with Gasteiger partial charge in [0.1, 0.15) is 5.82 Å². The summed E-state index contributed by atoms with van der Waals surface area (Å²) in [5, 5.41) is 3.11. The Morgan fingerprint density at radius 1 is 1.16 bits per heavy atom. The van der Waals surface area contributed by atoms with E-state index in [-0.39, 0.29) is 18.3 Å². The number of aryl methyl sites for hydroxylation is 2. The molecule has 164 valence electrons. The SMILES string of the molecule is Cc1ncc(-c2ccccn2)c(C2CCC(CNC(=O)CCn3ccnc3)CC2)n1.Cl. The van der Waals surface area contributed by atoms with E-state index in [1.54, 1.807) is 12.5 Å². The Labute approximate surface area is 189 Å². The fourth-order valence-electron chi connectivity index (χ4n) is 4.15. The third-order valence-electron chi connectivity index (χ3n) is 5.86. The maximum Gasteiger partial charge on any atom is 0.221 e. The van der Waals surface area contributed by atoms with Crippen molar-refractivity contribution in [2.75, 3.05) is 6.54 Å². The summed E-state index contributed by atoms with van der Waals surface area (Å²) in [6.45, 7) is 3.37. The average molecular weight is 441 g/mol. The molecule has 0 aromatic carbocycles. The summed E-state index contributed by atoms with van der Waals surface area (Å²) in [5.74, 6) is 1.85. The molecule has 4 rings (SSSR count). The first-order valence-electron chi connectivity index (χ1n) is 10.7. The summed E-state index contributed by atoms with van der Waals surface area (Å²) in [6, 6.07) is 5.94. The molecular formula is C23H29ClN6O. The van der Waals surface area contributed by atoms with Crippen molar-refractivity contribution in [1.82, 2.24) is 29.8 Å². The van der Waals surface area contributed by atoms with Crippen LogP contribution in [-0.2, 0) is 11.3 Å². The number of nitrogens with one attached hydrogen (secondary N) is 1. The van der Waals surface area contributed by atoms with E-state index in [4.69, 9.17) is 4.98 Å². The molecule has 1 saturated carbocycles.